The van der Waals surface area contributed by atoms with Gasteiger partial charge in [-0.05, 0) is 18.9 Å². The minimum absolute atomic E-state index is 0.0145. The van der Waals surface area contributed by atoms with Crippen LogP contribution in [0.3, 0.4) is 0 Å². The second kappa shape index (κ2) is 4.64. The fourth-order valence-electron chi connectivity index (χ4n) is 1.33. The molecular weight excluding hydrogens is 196 g/mol. The molecule has 1 rings (SSSR count). The molecule has 14 heavy (non-hydrogen) atoms. The second-order valence-electron chi connectivity index (χ2n) is 3.85. The molecule has 0 aromatic carbocycles. The normalized spacial score (nSPS) is 10.9. The molecule has 1 aromatic rings. The summed E-state index contributed by atoms with van der Waals surface area (Å²) < 4.78 is 1.53. The molecule has 0 amide bonds. The third-order valence-corrected chi connectivity index (χ3v) is 2.22. The molecular formula is C10H16N2OS. The Bertz CT molecular complexity index is 371. The van der Waals surface area contributed by atoms with Crippen LogP contribution >= 0.6 is 12.6 Å². The van der Waals surface area contributed by atoms with E-state index < -0.39 is 0 Å². The molecule has 4 heteroatoms. The quantitative estimate of drug-likeness (QED) is 0.773. The van der Waals surface area contributed by atoms with Gasteiger partial charge in [-0.15, -0.1) is 0 Å². The van der Waals surface area contributed by atoms with Crippen LogP contribution < -0.4 is 5.56 Å². The summed E-state index contributed by atoms with van der Waals surface area (Å²) in [6.45, 7) is 6.69. The average Bonchev–Trinajstić information content (AvgIpc) is 2.09. The van der Waals surface area contributed by atoms with E-state index in [1.165, 1.54) is 4.68 Å². The predicted molar refractivity (Wildman–Crippen MR) is 60.8 cm³/mol. The van der Waals surface area contributed by atoms with Gasteiger partial charge in [0, 0.05) is 17.9 Å². The Morgan fingerprint density at radius 2 is 2.21 bits per heavy atom. The monoisotopic (exact) mass is 212 g/mol. The summed E-state index contributed by atoms with van der Waals surface area (Å²) in [5, 5.41) is 4.19. The number of thiol groups is 1. The van der Waals surface area contributed by atoms with E-state index in [4.69, 9.17) is 0 Å². The van der Waals surface area contributed by atoms with Crippen molar-refractivity contribution in [2.45, 2.75) is 33.1 Å². The lowest BCUT2D eigenvalue weighted by molar-refractivity contribution is 0.458. The van der Waals surface area contributed by atoms with Crippen molar-refractivity contribution in [3.05, 3.63) is 27.7 Å². The lowest BCUT2D eigenvalue weighted by atomic mass is 10.2. The van der Waals surface area contributed by atoms with Crippen LogP contribution in [-0.2, 0) is 12.3 Å². The Morgan fingerprint density at radius 3 is 2.71 bits per heavy atom. The summed E-state index contributed by atoms with van der Waals surface area (Å²) in [5.41, 5.74) is 1.58. The maximum atomic E-state index is 11.7. The van der Waals surface area contributed by atoms with Crippen molar-refractivity contribution in [2.75, 3.05) is 0 Å². The van der Waals surface area contributed by atoms with Crippen LogP contribution in [0.15, 0.2) is 10.9 Å². The second-order valence-corrected chi connectivity index (χ2v) is 4.17. The number of rotatable bonds is 3. The highest BCUT2D eigenvalue weighted by Crippen LogP contribution is 2.01. The Kier molecular flexibility index (Phi) is 3.75. The van der Waals surface area contributed by atoms with Crippen LogP contribution in [0.2, 0.25) is 0 Å². The van der Waals surface area contributed by atoms with Gasteiger partial charge in [-0.3, -0.25) is 4.79 Å². The summed E-state index contributed by atoms with van der Waals surface area (Å²) in [7, 11) is 0. The van der Waals surface area contributed by atoms with E-state index in [2.05, 4.69) is 31.6 Å². The largest absolute Gasteiger partial charge is 0.270 e. The zero-order valence-corrected chi connectivity index (χ0v) is 9.71. The van der Waals surface area contributed by atoms with Crippen molar-refractivity contribution in [2.24, 2.45) is 5.92 Å². The summed E-state index contributed by atoms with van der Waals surface area (Å²) in [4.78, 5) is 11.7. The Balaban J connectivity index is 3.16. The Morgan fingerprint density at radius 1 is 1.57 bits per heavy atom. The summed E-state index contributed by atoms with van der Waals surface area (Å²) in [6, 6.07) is 1.80. The van der Waals surface area contributed by atoms with Crippen molar-refractivity contribution in [3.63, 3.8) is 0 Å². The van der Waals surface area contributed by atoms with Crippen LogP contribution in [0.4, 0.5) is 0 Å². The van der Waals surface area contributed by atoms with Crippen molar-refractivity contribution in [1.82, 2.24) is 9.78 Å². The highest BCUT2D eigenvalue weighted by Gasteiger charge is 2.06. The molecule has 1 aromatic heterocycles. The van der Waals surface area contributed by atoms with E-state index in [0.717, 1.165) is 11.3 Å². The third-order valence-electron chi connectivity index (χ3n) is 1.88. The number of hydrogen-bond donors (Lipinski definition) is 1. The topological polar surface area (TPSA) is 34.9 Å². The SMILES string of the molecule is Cc1cc(CS)c(=O)n(CC(C)C)n1. The molecule has 0 aliphatic heterocycles. The first kappa shape index (κ1) is 11.3. The fraction of sp³-hybridized carbons (Fsp3) is 0.600. The lowest BCUT2D eigenvalue weighted by Crippen LogP contribution is -2.28. The van der Waals surface area contributed by atoms with E-state index in [0.29, 0.717) is 18.2 Å². The van der Waals surface area contributed by atoms with E-state index in [1.807, 2.05) is 6.92 Å². The van der Waals surface area contributed by atoms with Gasteiger partial charge in [-0.25, -0.2) is 4.68 Å². The minimum atomic E-state index is -0.0145. The molecule has 0 N–H and O–H groups in total. The summed E-state index contributed by atoms with van der Waals surface area (Å²) >= 11 is 4.12. The van der Waals surface area contributed by atoms with Gasteiger partial charge in [0.15, 0.2) is 0 Å². The van der Waals surface area contributed by atoms with Crippen molar-refractivity contribution in [1.29, 1.82) is 0 Å². The zero-order valence-electron chi connectivity index (χ0n) is 8.82. The molecule has 0 bridgehead atoms. The first-order valence-corrected chi connectivity index (χ1v) is 5.36. The fourth-order valence-corrected chi connectivity index (χ4v) is 1.55. The Hall–Kier alpha value is -0.770. The molecule has 0 fully saturated rings. The lowest BCUT2D eigenvalue weighted by Gasteiger charge is -2.09. The number of nitrogens with zero attached hydrogens (tertiary/aromatic N) is 2. The van der Waals surface area contributed by atoms with Gasteiger partial charge >= 0.3 is 0 Å². The number of hydrogen-bond acceptors (Lipinski definition) is 3. The maximum absolute atomic E-state index is 11.7. The standard InChI is InChI=1S/C10H16N2OS/c1-7(2)5-12-10(13)9(6-14)4-8(3)11-12/h4,7,14H,5-6H2,1-3H3. The van der Waals surface area contributed by atoms with Gasteiger partial charge in [0.25, 0.3) is 5.56 Å². The van der Waals surface area contributed by atoms with Gasteiger partial charge in [-0.2, -0.15) is 17.7 Å². The average molecular weight is 212 g/mol. The molecule has 1 heterocycles. The van der Waals surface area contributed by atoms with E-state index in [1.54, 1.807) is 6.07 Å². The van der Waals surface area contributed by atoms with Crippen LogP contribution in [0, 0.1) is 12.8 Å². The zero-order chi connectivity index (χ0) is 10.7. The van der Waals surface area contributed by atoms with Crippen molar-refractivity contribution >= 4 is 12.6 Å². The van der Waals surface area contributed by atoms with Gasteiger partial charge in [0.1, 0.15) is 0 Å². The predicted octanol–water partition coefficient (Wildman–Crippen LogP) is 1.64. The van der Waals surface area contributed by atoms with Crippen LogP contribution in [0.1, 0.15) is 25.1 Å². The molecule has 0 unspecified atom stereocenters. The summed E-state index contributed by atoms with van der Waals surface area (Å²) in [5.74, 6) is 0.898. The van der Waals surface area contributed by atoms with Crippen molar-refractivity contribution < 1.29 is 0 Å². The summed E-state index contributed by atoms with van der Waals surface area (Å²) in [6.07, 6.45) is 0. The van der Waals surface area contributed by atoms with Crippen LogP contribution in [-0.4, -0.2) is 9.78 Å². The highest BCUT2D eigenvalue weighted by molar-refractivity contribution is 7.79. The maximum Gasteiger partial charge on any atom is 0.270 e. The van der Waals surface area contributed by atoms with E-state index in [9.17, 15) is 4.79 Å². The van der Waals surface area contributed by atoms with Gasteiger partial charge < -0.3 is 0 Å². The molecule has 78 valence electrons. The van der Waals surface area contributed by atoms with Crippen molar-refractivity contribution in [3.8, 4) is 0 Å². The molecule has 3 nitrogen and oxygen atoms in total. The minimum Gasteiger partial charge on any atom is -0.267 e. The number of aromatic nitrogens is 2. The van der Waals surface area contributed by atoms with Crippen LogP contribution in [0.5, 0.6) is 0 Å². The first-order chi connectivity index (χ1) is 6.54. The van der Waals surface area contributed by atoms with E-state index >= 15 is 0 Å². The molecule has 0 spiro atoms. The van der Waals surface area contributed by atoms with E-state index in [-0.39, 0.29) is 5.56 Å². The first-order valence-electron chi connectivity index (χ1n) is 4.73. The Labute approximate surface area is 89.6 Å². The van der Waals surface area contributed by atoms with Crippen LogP contribution in [0.25, 0.3) is 0 Å². The third kappa shape index (κ3) is 2.61. The molecule has 0 saturated carbocycles. The molecule has 0 radical (unpaired) electrons. The molecule has 0 atom stereocenters. The van der Waals surface area contributed by atoms with Gasteiger partial charge in [0.05, 0.1) is 5.69 Å². The molecule has 0 aliphatic rings. The number of aryl methyl sites for hydroxylation is 1. The molecule has 0 aliphatic carbocycles. The van der Waals surface area contributed by atoms with Gasteiger partial charge in [-0.1, -0.05) is 13.8 Å². The van der Waals surface area contributed by atoms with Gasteiger partial charge in [0.2, 0.25) is 0 Å². The molecule has 0 saturated heterocycles. The smallest absolute Gasteiger partial charge is 0.267 e. The highest BCUT2D eigenvalue weighted by atomic mass is 32.1.